The topological polar surface area (TPSA) is 17.1 Å². The van der Waals surface area contributed by atoms with Crippen LogP contribution in [0.25, 0.3) is 0 Å². The Morgan fingerprint density at radius 2 is 2.19 bits per heavy atom. The highest BCUT2D eigenvalue weighted by atomic mass is 79.9. The van der Waals surface area contributed by atoms with Crippen LogP contribution in [0.1, 0.15) is 30.1 Å². The van der Waals surface area contributed by atoms with E-state index in [0.29, 0.717) is 15.4 Å². The zero-order valence-corrected chi connectivity index (χ0v) is 11.1. The van der Waals surface area contributed by atoms with E-state index in [4.69, 9.17) is 11.6 Å². The van der Waals surface area contributed by atoms with Gasteiger partial charge in [-0.25, -0.2) is 4.39 Å². The average Bonchev–Trinajstić information content (AvgIpc) is 3.05. The summed E-state index contributed by atoms with van der Waals surface area (Å²) < 4.78 is 14.1. The van der Waals surface area contributed by atoms with Gasteiger partial charge >= 0.3 is 0 Å². The molecule has 2 rings (SSSR count). The summed E-state index contributed by atoms with van der Waals surface area (Å²) in [7, 11) is 0. The van der Waals surface area contributed by atoms with Crippen LogP contribution in [-0.4, -0.2) is 5.78 Å². The van der Waals surface area contributed by atoms with Gasteiger partial charge in [-0.15, -0.1) is 0 Å². The van der Waals surface area contributed by atoms with Crippen LogP contribution in [0.15, 0.2) is 16.6 Å². The maximum Gasteiger partial charge on any atom is 0.168 e. The number of benzene rings is 1. The third-order valence-corrected chi connectivity index (χ3v) is 4.22. The van der Waals surface area contributed by atoms with E-state index in [1.165, 1.54) is 12.1 Å². The quantitative estimate of drug-likeness (QED) is 0.595. The Morgan fingerprint density at radius 1 is 1.56 bits per heavy atom. The van der Waals surface area contributed by atoms with Gasteiger partial charge in [0, 0.05) is 10.4 Å². The van der Waals surface area contributed by atoms with E-state index in [1.54, 1.807) is 0 Å². The molecule has 1 nitrogen and oxygen atoms in total. The van der Waals surface area contributed by atoms with Crippen LogP contribution in [0.2, 0.25) is 5.02 Å². The summed E-state index contributed by atoms with van der Waals surface area (Å²) in [6.45, 7) is 1.86. The molecule has 1 atom stereocenters. The van der Waals surface area contributed by atoms with Crippen LogP contribution < -0.4 is 0 Å². The molecule has 0 amide bonds. The number of hydrogen-bond acceptors (Lipinski definition) is 1. The molecule has 0 bridgehead atoms. The smallest absolute Gasteiger partial charge is 0.168 e. The number of rotatable bonds is 3. The van der Waals surface area contributed by atoms with E-state index in [9.17, 15) is 9.18 Å². The molecule has 1 aliphatic carbocycles. The zero-order chi connectivity index (χ0) is 11.9. The van der Waals surface area contributed by atoms with E-state index >= 15 is 0 Å². The number of carbonyl (C=O) groups excluding carboxylic acids is 1. The molecule has 1 fully saturated rings. The summed E-state index contributed by atoms with van der Waals surface area (Å²) in [4.78, 5) is 12.0. The first-order valence-corrected chi connectivity index (χ1v) is 6.36. The lowest BCUT2D eigenvalue weighted by atomic mass is 9.95. The largest absolute Gasteiger partial charge is 0.294 e. The Balaban J connectivity index is 2.32. The lowest BCUT2D eigenvalue weighted by molar-refractivity contribution is 0.0912. The molecule has 0 radical (unpaired) electrons. The summed E-state index contributed by atoms with van der Waals surface area (Å²) in [5, 5.41) is 0.368. The Kier molecular flexibility index (Phi) is 3.36. The molecule has 0 N–H and O–H groups in total. The second kappa shape index (κ2) is 4.46. The lowest BCUT2D eigenvalue weighted by Gasteiger charge is -2.10. The zero-order valence-electron chi connectivity index (χ0n) is 8.77. The van der Waals surface area contributed by atoms with Crippen molar-refractivity contribution in [3.05, 3.63) is 33.0 Å². The van der Waals surface area contributed by atoms with Crippen molar-refractivity contribution in [2.75, 3.05) is 0 Å². The molecule has 4 heteroatoms. The fraction of sp³-hybridized carbons (Fsp3) is 0.417. The van der Waals surface area contributed by atoms with Gasteiger partial charge in [-0.2, -0.15) is 0 Å². The van der Waals surface area contributed by atoms with E-state index in [0.717, 1.165) is 12.8 Å². The third-order valence-electron chi connectivity index (χ3n) is 3.02. The van der Waals surface area contributed by atoms with E-state index < -0.39 is 5.82 Å². The molecule has 0 spiro atoms. The number of carbonyl (C=O) groups is 1. The van der Waals surface area contributed by atoms with Gasteiger partial charge in [-0.1, -0.05) is 18.5 Å². The average molecular weight is 306 g/mol. The van der Waals surface area contributed by atoms with Crippen molar-refractivity contribution in [2.45, 2.75) is 19.8 Å². The van der Waals surface area contributed by atoms with Gasteiger partial charge in [-0.05, 0) is 46.8 Å². The van der Waals surface area contributed by atoms with Gasteiger partial charge in [0.05, 0.1) is 10.6 Å². The summed E-state index contributed by atoms with van der Waals surface area (Å²) in [5.41, 5.74) is 0.104. The lowest BCUT2D eigenvalue weighted by Crippen LogP contribution is -2.15. The Bertz CT molecular complexity index is 443. The molecule has 1 saturated carbocycles. The van der Waals surface area contributed by atoms with Crippen molar-refractivity contribution in [1.29, 1.82) is 0 Å². The predicted molar refractivity (Wildman–Crippen MR) is 65.3 cm³/mol. The van der Waals surface area contributed by atoms with Crippen molar-refractivity contribution in [3.63, 3.8) is 0 Å². The first-order chi connectivity index (χ1) is 7.50. The first-order valence-electron chi connectivity index (χ1n) is 5.19. The fourth-order valence-corrected chi connectivity index (χ4v) is 2.25. The van der Waals surface area contributed by atoms with Crippen LogP contribution in [0.4, 0.5) is 4.39 Å². The van der Waals surface area contributed by atoms with Crippen molar-refractivity contribution in [1.82, 2.24) is 0 Å². The minimum atomic E-state index is -0.506. The number of Topliss-reactive ketones (excluding diaryl/α,β-unsaturated/α-hetero) is 1. The second-order valence-corrected chi connectivity index (χ2v) is 5.50. The summed E-state index contributed by atoms with van der Waals surface area (Å²) >= 11 is 8.99. The molecule has 16 heavy (non-hydrogen) atoms. The molecule has 1 aliphatic rings. The van der Waals surface area contributed by atoms with Gasteiger partial charge < -0.3 is 0 Å². The van der Waals surface area contributed by atoms with E-state index in [1.807, 2.05) is 6.92 Å². The van der Waals surface area contributed by atoms with Crippen molar-refractivity contribution in [2.24, 2.45) is 11.8 Å². The molecular weight excluding hydrogens is 294 g/mol. The summed E-state index contributed by atoms with van der Waals surface area (Å²) in [6, 6.07) is 2.65. The third kappa shape index (κ3) is 2.30. The molecular formula is C12H11BrClFO. The number of halogens is 3. The van der Waals surface area contributed by atoms with Gasteiger partial charge in [0.15, 0.2) is 5.78 Å². The Morgan fingerprint density at radius 3 is 2.75 bits per heavy atom. The fourth-order valence-electron chi connectivity index (χ4n) is 1.77. The predicted octanol–water partition coefficient (Wildman–Crippen LogP) is 4.47. The number of ketones is 1. The SMILES string of the molecule is CC(C(=O)c1cc(Cl)c(Br)cc1F)C1CC1. The van der Waals surface area contributed by atoms with Crippen LogP contribution in [0.5, 0.6) is 0 Å². The first kappa shape index (κ1) is 12.1. The minimum Gasteiger partial charge on any atom is -0.294 e. The molecule has 86 valence electrons. The molecule has 1 aromatic carbocycles. The van der Waals surface area contributed by atoms with Gasteiger partial charge in [-0.3, -0.25) is 4.79 Å². The van der Waals surface area contributed by atoms with Gasteiger partial charge in [0.2, 0.25) is 0 Å². The van der Waals surface area contributed by atoms with Crippen LogP contribution in [0, 0.1) is 17.7 Å². The van der Waals surface area contributed by atoms with Crippen LogP contribution in [0.3, 0.4) is 0 Å². The molecule has 0 aliphatic heterocycles. The Labute approximate surface area is 107 Å². The highest BCUT2D eigenvalue weighted by molar-refractivity contribution is 9.10. The monoisotopic (exact) mass is 304 g/mol. The highest BCUT2D eigenvalue weighted by Gasteiger charge is 2.34. The summed E-state index contributed by atoms with van der Waals surface area (Å²) in [5.74, 6) is -0.329. The molecule has 0 aromatic heterocycles. The molecule has 1 aromatic rings. The van der Waals surface area contributed by atoms with Crippen LogP contribution >= 0.6 is 27.5 Å². The maximum atomic E-state index is 13.6. The van der Waals surface area contributed by atoms with Gasteiger partial charge in [0.1, 0.15) is 5.82 Å². The maximum absolute atomic E-state index is 13.6. The van der Waals surface area contributed by atoms with Crippen molar-refractivity contribution >= 4 is 33.3 Å². The van der Waals surface area contributed by atoms with Crippen molar-refractivity contribution < 1.29 is 9.18 Å². The molecule has 1 unspecified atom stereocenters. The summed E-state index contributed by atoms with van der Waals surface area (Å²) in [6.07, 6.45) is 2.14. The van der Waals surface area contributed by atoms with Gasteiger partial charge in [0.25, 0.3) is 0 Å². The Hall–Kier alpha value is -0.410. The van der Waals surface area contributed by atoms with E-state index in [2.05, 4.69) is 15.9 Å². The second-order valence-electron chi connectivity index (χ2n) is 4.24. The molecule has 0 saturated heterocycles. The normalized spacial score (nSPS) is 17.2. The number of hydrogen-bond donors (Lipinski definition) is 0. The van der Waals surface area contributed by atoms with Crippen LogP contribution in [-0.2, 0) is 0 Å². The van der Waals surface area contributed by atoms with E-state index in [-0.39, 0.29) is 17.3 Å². The standard InChI is InChI=1S/C12H11BrClFO/c1-6(7-2-3-7)12(16)8-4-10(14)9(13)5-11(8)15/h4-7H,2-3H2,1H3. The van der Waals surface area contributed by atoms with Crippen molar-refractivity contribution in [3.8, 4) is 0 Å². The minimum absolute atomic E-state index is 0.104. The highest BCUT2D eigenvalue weighted by Crippen LogP contribution is 2.39. The molecule has 0 heterocycles.